The molecule has 6 heteroatoms. The van der Waals surface area contributed by atoms with Crippen LogP contribution in [0.15, 0.2) is 0 Å². The molecule has 0 radical (unpaired) electrons. The van der Waals surface area contributed by atoms with Crippen LogP contribution in [0.25, 0.3) is 10.2 Å². The largest absolute Gasteiger partial charge is 0.397 e. The quantitative estimate of drug-likeness (QED) is 0.911. The average molecular weight is 304 g/mol. The van der Waals surface area contributed by atoms with Crippen LogP contribution in [0.4, 0.5) is 5.69 Å². The topological polar surface area (TPSA) is 72.9 Å². The van der Waals surface area contributed by atoms with E-state index in [0.717, 1.165) is 28.4 Å². The van der Waals surface area contributed by atoms with Gasteiger partial charge in [0.15, 0.2) is 0 Å². The highest BCUT2D eigenvalue weighted by Crippen LogP contribution is 2.60. The van der Waals surface area contributed by atoms with E-state index in [4.69, 9.17) is 5.73 Å². The van der Waals surface area contributed by atoms with Crippen LogP contribution in [0.3, 0.4) is 0 Å². The van der Waals surface area contributed by atoms with Crippen LogP contribution in [-0.2, 0) is 7.05 Å². The first-order valence-corrected chi connectivity index (χ1v) is 8.33. The summed E-state index contributed by atoms with van der Waals surface area (Å²) in [5, 5.41) is 8.40. The summed E-state index contributed by atoms with van der Waals surface area (Å²) < 4.78 is 1.80. The molecule has 2 heterocycles. The van der Waals surface area contributed by atoms with Crippen LogP contribution in [0, 0.1) is 18.3 Å². The van der Waals surface area contributed by atoms with Gasteiger partial charge in [0.2, 0.25) is 0 Å². The molecule has 4 rings (SSSR count). The second-order valence-electron chi connectivity index (χ2n) is 6.55. The number of fused-ring (bicyclic) bond motifs is 1. The van der Waals surface area contributed by atoms with Crippen LogP contribution in [-0.4, -0.2) is 22.2 Å². The van der Waals surface area contributed by atoms with Crippen molar-refractivity contribution < 1.29 is 4.79 Å². The summed E-state index contributed by atoms with van der Waals surface area (Å²) in [6.45, 7) is 2.74. The number of hydrogen-bond acceptors (Lipinski definition) is 4. The van der Waals surface area contributed by atoms with Gasteiger partial charge in [0.25, 0.3) is 5.91 Å². The normalized spacial score (nSPS) is 19.9. The zero-order valence-electron chi connectivity index (χ0n) is 12.4. The van der Waals surface area contributed by atoms with E-state index in [9.17, 15) is 4.79 Å². The van der Waals surface area contributed by atoms with Gasteiger partial charge in [-0.3, -0.25) is 9.48 Å². The van der Waals surface area contributed by atoms with Gasteiger partial charge >= 0.3 is 0 Å². The van der Waals surface area contributed by atoms with Gasteiger partial charge in [-0.2, -0.15) is 5.10 Å². The molecular weight excluding hydrogens is 284 g/mol. The van der Waals surface area contributed by atoms with Crippen molar-refractivity contribution in [2.45, 2.75) is 32.6 Å². The SMILES string of the molecule is Cc1nn(C)c2sc(C(=O)NCC3(C4CC4)CC3)c(N)c12. The first kappa shape index (κ1) is 13.1. The summed E-state index contributed by atoms with van der Waals surface area (Å²) in [5.74, 6) is 0.823. The molecule has 112 valence electrons. The van der Waals surface area contributed by atoms with Gasteiger partial charge in [0, 0.05) is 13.6 Å². The highest BCUT2D eigenvalue weighted by molar-refractivity contribution is 7.21. The maximum atomic E-state index is 12.5. The molecule has 0 spiro atoms. The number of amides is 1. The summed E-state index contributed by atoms with van der Waals surface area (Å²) in [4.78, 5) is 14.1. The lowest BCUT2D eigenvalue weighted by Crippen LogP contribution is -2.31. The fraction of sp³-hybridized carbons (Fsp3) is 0.600. The monoisotopic (exact) mass is 304 g/mol. The van der Waals surface area contributed by atoms with E-state index in [2.05, 4.69) is 10.4 Å². The lowest BCUT2D eigenvalue weighted by Gasteiger charge is -2.14. The average Bonchev–Trinajstić information content (AvgIpc) is 3.32. The zero-order chi connectivity index (χ0) is 14.8. The molecule has 0 bridgehead atoms. The minimum Gasteiger partial charge on any atom is -0.397 e. The van der Waals surface area contributed by atoms with Crippen molar-refractivity contribution in [3.63, 3.8) is 0 Å². The Morgan fingerprint density at radius 1 is 1.52 bits per heavy atom. The molecule has 0 aliphatic heterocycles. The van der Waals surface area contributed by atoms with Crippen LogP contribution in [0.1, 0.15) is 41.0 Å². The van der Waals surface area contributed by atoms with Gasteiger partial charge in [0.05, 0.1) is 16.8 Å². The molecule has 1 amide bonds. The van der Waals surface area contributed by atoms with Crippen LogP contribution in [0.5, 0.6) is 0 Å². The second-order valence-corrected chi connectivity index (χ2v) is 7.55. The molecule has 0 unspecified atom stereocenters. The summed E-state index contributed by atoms with van der Waals surface area (Å²) in [6.07, 6.45) is 5.21. The van der Waals surface area contributed by atoms with Crippen molar-refractivity contribution in [1.82, 2.24) is 15.1 Å². The van der Waals surface area contributed by atoms with Crippen LogP contribution >= 0.6 is 11.3 Å². The number of anilines is 1. The van der Waals surface area contributed by atoms with Gasteiger partial charge < -0.3 is 11.1 Å². The first-order chi connectivity index (χ1) is 10.0. The van der Waals surface area contributed by atoms with Gasteiger partial charge in [-0.15, -0.1) is 11.3 Å². The van der Waals surface area contributed by atoms with E-state index in [1.54, 1.807) is 4.68 Å². The summed E-state index contributed by atoms with van der Waals surface area (Å²) in [7, 11) is 1.89. The molecule has 2 aromatic rings. The Kier molecular flexibility index (Phi) is 2.64. The van der Waals surface area contributed by atoms with E-state index < -0.39 is 0 Å². The molecule has 0 saturated heterocycles. The molecule has 5 nitrogen and oxygen atoms in total. The predicted molar refractivity (Wildman–Crippen MR) is 84.5 cm³/mol. The standard InChI is InChI=1S/C15H20N4OS/c1-8-10-11(16)12(21-14(10)19(2)18-8)13(20)17-7-15(5-6-15)9-3-4-9/h9H,3-7,16H2,1-2H3,(H,17,20). The van der Waals surface area contributed by atoms with E-state index in [1.165, 1.54) is 37.0 Å². The van der Waals surface area contributed by atoms with Crippen molar-refractivity contribution in [2.24, 2.45) is 18.4 Å². The summed E-state index contributed by atoms with van der Waals surface area (Å²) in [6, 6.07) is 0. The summed E-state index contributed by atoms with van der Waals surface area (Å²) in [5.41, 5.74) is 8.06. The Morgan fingerprint density at radius 2 is 2.24 bits per heavy atom. The highest BCUT2D eigenvalue weighted by atomic mass is 32.1. The van der Waals surface area contributed by atoms with Gasteiger partial charge in [-0.25, -0.2) is 0 Å². The zero-order valence-corrected chi connectivity index (χ0v) is 13.2. The van der Waals surface area contributed by atoms with Crippen molar-refractivity contribution in [2.75, 3.05) is 12.3 Å². The molecule has 21 heavy (non-hydrogen) atoms. The number of nitrogens with two attached hydrogens (primary N) is 1. The number of aromatic nitrogens is 2. The fourth-order valence-corrected chi connectivity index (χ4v) is 4.52. The third kappa shape index (κ3) is 1.96. The van der Waals surface area contributed by atoms with Crippen molar-refractivity contribution in [3.05, 3.63) is 10.6 Å². The maximum Gasteiger partial charge on any atom is 0.263 e. The minimum atomic E-state index is -0.0278. The number of aryl methyl sites for hydroxylation is 2. The smallest absolute Gasteiger partial charge is 0.263 e. The van der Waals surface area contributed by atoms with Gasteiger partial charge in [0.1, 0.15) is 9.71 Å². The van der Waals surface area contributed by atoms with E-state index in [0.29, 0.717) is 16.0 Å². The number of hydrogen-bond donors (Lipinski definition) is 2. The third-order valence-electron chi connectivity index (χ3n) is 5.03. The molecule has 0 atom stereocenters. The predicted octanol–water partition coefficient (Wildman–Crippen LogP) is 2.45. The Bertz CT molecular complexity index is 737. The minimum absolute atomic E-state index is 0.0278. The molecule has 2 aliphatic carbocycles. The van der Waals surface area contributed by atoms with Crippen molar-refractivity contribution in [3.8, 4) is 0 Å². The number of carbonyl (C=O) groups excluding carboxylic acids is 1. The maximum absolute atomic E-state index is 12.5. The number of nitrogen functional groups attached to an aromatic ring is 1. The van der Waals surface area contributed by atoms with Crippen molar-refractivity contribution >= 4 is 33.1 Å². The van der Waals surface area contributed by atoms with Gasteiger partial charge in [-0.05, 0) is 43.9 Å². The summed E-state index contributed by atoms with van der Waals surface area (Å²) >= 11 is 1.44. The highest BCUT2D eigenvalue weighted by Gasteiger charge is 2.53. The Hall–Kier alpha value is -1.56. The lowest BCUT2D eigenvalue weighted by molar-refractivity contribution is 0.0947. The number of nitrogens with zero attached hydrogens (tertiary/aromatic N) is 2. The first-order valence-electron chi connectivity index (χ1n) is 7.51. The van der Waals surface area contributed by atoms with Crippen LogP contribution in [0.2, 0.25) is 0 Å². The molecule has 2 aromatic heterocycles. The molecular formula is C15H20N4OS. The van der Waals surface area contributed by atoms with E-state index in [1.807, 2.05) is 14.0 Å². The number of nitrogens with one attached hydrogen (secondary N) is 1. The Labute approximate surface area is 127 Å². The molecule has 2 aliphatic rings. The molecule has 0 aromatic carbocycles. The number of rotatable bonds is 4. The second kappa shape index (κ2) is 4.22. The molecule has 2 saturated carbocycles. The Morgan fingerprint density at radius 3 is 2.81 bits per heavy atom. The third-order valence-corrected chi connectivity index (χ3v) is 6.30. The van der Waals surface area contributed by atoms with Crippen molar-refractivity contribution in [1.29, 1.82) is 0 Å². The number of thiophene rings is 1. The number of carbonyl (C=O) groups is 1. The van der Waals surface area contributed by atoms with E-state index in [-0.39, 0.29) is 5.91 Å². The van der Waals surface area contributed by atoms with Crippen LogP contribution < -0.4 is 11.1 Å². The Balaban J connectivity index is 1.56. The molecule has 2 fully saturated rings. The van der Waals surface area contributed by atoms with Gasteiger partial charge in [-0.1, -0.05) is 0 Å². The van der Waals surface area contributed by atoms with E-state index >= 15 is 0 Å². The fourth-order valence-electron chi connectivity index (χ4n) is 3.42. The molecule has 3 N–H and O–H groups in total. The lowest BCUT2D eigenvalue weighted by atomic mass is 10.0.